The van der Waals surface area contributed by atoms with Crippen molar-refractivity contribution in [2.24, 2.45) is 0 Å². The zero-order valence-electron chi connectivity index (χ0n) is 16.3. The average Bonchev–Trinajstić information content (AvgIpc) is 2.69. The van der Waals surface area contributed by atoms with Crippen LogP contribution in [0.25, 0.3) is 0 Å². The first-order valence-electron chi connectivity index (χ1n) is 8.86. The molecule has 8 heteroatoms. The Morgan fingerprint density at radius 2 is 1.63 bits per heavy atom. The zero-order valence-corrected chi connectivity index (χ0v) is 17.1. The van der Waals surface area contributed by atoms with E-state index in [9.17, 15) is 8.42 Å². The molecule has 0 unspecified atom stereocenters. The first-order valence-corrected chi connectivity index (χ1v) is 10.3. The van der Waals surface area contributed by atoms with Gasteiger partial charge in [-0.05, 0) is 36.4 Å². The number of methoxy groups -OCH3 is 1. The van der Waals surface area contributed by atoms with Crippen LogP contribution >= 0.6 is 0 Å². The fraction of sp³-hybridized carbons (Fsp3) is 0.421. The summed E-state index contributed by atoms with van der Waals surface area (Å²) in [7, 11) is 0.0235. The minimum absolute atomic E-state index is 0.206. The SMILES string of the molecule is CCN(CC)S(=O)(=O)c1ccc(N(C)CCOc2ccc(OC)cc2)nc1. The molecule has 7 nitrogen and oxygen atoms in total. The van der Waals surface area contributed by atoms with Crippen LogP contribution in [0.5, 0.6) is 11.5 Å². The molecule has 0 N–H and O–H groups in total. The second kappa shape index (κ2) is 9.57. The Kier molecular flexibility index (Phi) is 7.44. The van der Waals surface area contributed by atoms with Crippen molar-refractivity contribution >= 4 is 15.8 Å². The molecular formula is C19H27N3O4S. The normalized spacial score (nSPS) is 11.4. The highest BCUT2D eigenvalue weighted by atomic mass is 32.2. The van der Waals surface area contributed by atoms with E-state index in [0.717, 1.165) is 11.5 Å². The summed E-state index contributed by atoms with van der Waals surface area (Å²) in [5.41, 5.74) is 0. The van der Waals surface area contributed by atoms with Crippen LogP contribution in [0.4, 0.5) is 5.82 Å². The van der Waals surface area contributed by atoms with Crippen LogP contribution in [-0.4, -0.2) is 58.1 Å². The Hall–Kier alpha value is -2.32. The van der Waals surface area contributed by atoms with Gasteiger partial charge in [0, 0.05) is 26.3 Å². The van der Waals surface area contributed by atoms with Gasteiger partial charge in [0.25, 0.3) is 0 Å². The van der Waals surface area contributed by atoms with Crippen LogP contribution < -0.4 is 14.4 Å². The highest BCUT2D eigenvalue weighted by molar-refractivity contribution is 7.89. The summed E-state index contributed by atoms with van der Waals surface area (Å²) in [6, 6.07) is 10.7. The largest absolute Gasteiger partial charge is 0.497 e. The Morgan fingerprint density at radius 3 is 2.15 bits per heavy atom. The number of pyridine rings is 1. The lowest BCUT2D eigenvalue weighted by atomic mass is 10.3. The minimum atomic E-state index is -3.49. The number of hydrogen-bond donors (Lipinski definition) is 0. The average molecular weight is 394 g/mol. The van der Waals surface area contributed by atoms with Gasteiger partial charge >= 0.3 is 0 Å². The summed E-state index contributed by atoms with van der Waals surface area (Å²) in [6.07, 6.45) is 1.41. The van der Waals surface area contributed by atoms with Crippen molar-refractivity contribution in [3.63, 3.8) is 0 Å². The lowest BCUT2D eigenvalue weighted by molar-refractivity contribution is 0.324. The highest BCUT2D eigenvalue weighted by Crippen LogP contribution is 2.19. The fourth-order valence-electron chi connectivity index (χ4n) is 2.55. The first kappa shape index (κ1) is 21.0. The Morgan fingerprint density at radius 1 is 1.00 bits per heavy atom. The first-order chi connectivity index (χ1) is 12.9. The van der Waals surface area contributed by atoms with Gasteiger partial charge in [0.2, 0.25) is 10.0 Å². The summed E-state index contributed by atoms with van der Waals surface area (Å²) in [6.45, 7) is 5.59. The van der Waals surface area contributed by atoms with Crippen LogP contribution in [0.1, 0.15) is 13.8 Å². The molecule has 2 rings (SSSR count). The van der Waals surface area contributed by atoms with E-state index in [1.165, 1.54) is 10.5 Å². The van der Waals surface area contributed by atoms with Crippen LogP contribution in [0.15, 0.2) is 47.5 Å². The molecule has 2 aromatic rings. The lowest BCUT2D eigenvalue weighted by Crippen LogP contribution is -2.31. The molecule has 148 valence electrons. The number of likely N-dealkylation sites (N-methyl/N-ethyl adjacent to an activating group) is 1. The zero-order chi connectivity index (χ0) is 19.9. The number of aromatic nitrogens is 1. The third-order valence-corrected chi connectivity index (χ3v) is 6.24. The van der Waals surface area contributed by atoms with Crippen LogP contribution in [-0.2, 0) is 10.0 Å². The molecule has 0 saturated heterocycles. The number of anilines is 1. The molecule has 0 fully saturated rings. The third kappa shape index (κ3) is 5.33. The Bertz CT molecular complexity index is 804. The Labute approximate surface area is 161 Å². The third-order valence-electron chi connectivity index (χ3n) is 4.21. The van der Waals surface area contributed by atoms with Crippen molar-refractivity contribution in [2.45, 2.75) is 18.7 Å². The van der Waals surface area contributed by atoms with Crippen molar-refractivity contribution in [2.75, 3.05) is 45.3 Å². The maximum absolute atomic E-state index is 12.5. The van der Waals surface area contributed by atoms with E-state index >= 15 is 0 Å². The van der Waals surface area contributed by atoms with E-state index in [0.29, 0.717) is 32.1 Å². The number of ether oxygens (including phenoxy) is 2. The molecule has 0 bridgehead atoms. The van der Waals surface area contributed by atoms with Crippen molar-refractivity contribution in [1.82, 2.24) is 9.29 Å². The molecule has 0 aliphatic carbocycles. The topological polar surface area (TPSA) is 72.0 Å². The molecule has 1 aromatic carbocycles. The lowest BCUT2D eigenvalue weighted by Gasteiger charge is -2.20. The minimum Gasteiger partial charge on any atom is -0.497 e. The molecule has 0 atom stereocenters. The monoisotopic (exact) mass is 393 g/mol. The second-order valence-electron chi connectivity index (χ2n) is 5.89. The van der Waals surface area contributed by atoms with Gasteiger partial charge in [-0.15, -0.1) is 0 Å². The van der Waals surface area contributed by atoms with Crippen molar-refractivity contribution in [1.29, 1.82) is 0 Å². The Balaban J connectivity index is 1.93. The number of hydrogen-bond acceptors (Lipinski definition) is 6. The molecule has 0 aliphatic heterocycles. The summed E-state index contributed by atoms with van der Waals surface area (Å²) in [5, 5.41) is 0. The number of sulfonamides is 1. The maximum atomic E-state index is 12.5. The van der Waals surface area contributed by atoms with Gasteiger partial charge < -0.3 is 14.4 Å². The molecule has 0 saturated carbocycles. The summed E-state index contributed by atoms with van der Waals surface area (Å²) < 4.78 is 37.2. The molecule has 0 amide bonds. The van der Waals surface area contributed by atoms with Gasteiger partial charge in [0.15, 0.2) is 0 Å². The standard InChI is InChI=1S/C19H27N3O4S/c1-5-22(6-2)27(23,24)18-11-12-19(20-15-18)21(3)13-14-26-17-9-7-16(25-4)8-10-17/h7-12,15H,5-6,13-14H2,1-4H3. The van der Waals surface area contributed by atoms with Gasteiger partial charge in [0.05, 0.1) is 13.7 Å². The molecule has 1 heterocycles. The van der Waals surface area contributed by atoms with E-state index in [1.54, 1.807) is 19.2 Å². The van der Waals surface area contributed by atoms with Gasteiger partial charge in [-0.3, -0.25) is 0 Å². The van der Waals surface area contributed by atoms with Gasteiger partial charge in [0.1, 0.15) is 28.8 Å². The highest BCUT2D eigenvalue weighted by Gasteiger charge is 2.21. The molecule has 0 radical (unpaired) electrons. The summed E-state index contributed by atoms with van der Waals surface area (Å²) in [5.74, 6) is 2.23. The predicted molar refractivity (Wildman–Crippen MR) is 106 cm³/mol. The number of benzene rings is 1. The molecule has 0 aliphatic rings. The molecule has 1 aromatic heterocycles. The number of rotatable bonds is 10. The maximum Gasteiger partial charge on any atom is 0.244 e. The van der Waals surface area contributed by atoms with Gasteiger partial charge in [-0.25, -0.2) is 13.4 Å². The van der Waals surface area contributed by atoms with E-state index < -0.39 is 10.0 Å². The smallest absolute Gasteiger partial charge is 0.244 e. The fourth-order valence-corrected chi connectivity index (χ4v) is 3.95. The van der Waals surface area contributed by atoms with Crippen LogP contribution in [0.3, 0.4) is 0 Å². The van der Waals surface area contributed by atoms with Gasteiger partial charge in [-0.1, -0.05) is 13.8 Å². The molecular weight excluding hydrogens is 366 g/mol. The van der Waals surface area contributed by atoms with E-state index in [1.807, 2.05) is 50.1 Å². The van der Waals surface area contributed by atoms with Crippen LogP contribution in [0.2, 0.25) is 0 Å². The van der Waals surface area contributed by atoms with Crippen LogP contribution in [0, 0.1) is 0 Å². The number of nitrogens with zero attached hydrogens (tertiary/aromatic N) is 3. The van der Waals surface area contributed by atoms with Gasteiger partial charge in [-0.2, -0.15) is 4.31 Å². The quantitative estimate of drug-likeness (QED) is 0.618. The van der Waals surface area contributed by atoms with E-state index in [2.05, 4.69) is 4.98 Å². The molecule has 0 spiro atoms. The predicted octanol–water partition coefficient (Wildman–Crippen LogP) is 2.64. The second-order valence-corrected chi connectivity index (χ2v) is 7.82. The van der Waals surface area contributed by atoms with Crippen molar-refractivity contribution < 1.29 is 17.9 Å². The van der Waals surface area contributed by atoms with E-state index in [-0.39, 0.29) is 4.90 Å². The van der Waals surface area contributed by atoms with Crippen molar-refractivity contribution in [3.05, 3.63) is 42.6 Å². The summed E-state index contributed by atoms with van der Waals surface area (Å²) in [4.78, 5) is 6.41. The summed E-state index contributed by atoms with van der Waals surface area (Å²) >= 11 is 0. The van der Waals surface area contributed by atoms with Crippen molar-refractivity contribution in [3.8, 4) is 11.5 Å². The molecule has 27 heavy (non-hydrogen) atoms. The van der Waals surface area contributed by atoms with E-state index in [4.69, 9.17) is 9.47 Å².